The van der Waals surface area contributed by atoms with Gasteiger partial charge in [-0.2, -0.15) is 0 Å². The topological polar surface area (TPSA) is 24.3 Å². The Morgan fingerprint density at radius 2 is 0.958 bits per heavy atom. The van der Waals surface area contributed by atoms with E-state index in [1.54, 1.807) is 0 Å². The predicted octanol–water partition coefficient (Wildman–Crippen LogP) is 11.8. The lowest BCUT2D eigenvalue weighted by atomic mass is 9.75. The number of anilines is 6. The molecule has 0 bridgehead atoms. The van der Waals surface area contributed by atoms with Crippen LogP contribution in [0, 0.1) is 0 Å². The molecule has 3 heterocycles. The Morgan fingerprint density at radius 3 is 1.50 bits per heavy atom. The van der Waals surface area contributed by atoms with Crippen molar-refractivity contribution in [3.05, 3.63) is 181 Å². The Hall–Kier alpha value is -6.13. The minimum absolute atomic E-state index is 0.274. The first-order valence-electron chi connectivity index (χ1n) is 16.5. The number of fused-ring (bicyclic) bond motifs is 5. The molecule has 0 N–H and O–H groups in total. The Morgan fingerprint density at radius 1 is 0.458 bits per heavy atom. The molecule has 1 aliphatic heterocycles. The van der Waals surface area contributed by atoms with Gasteiger partial charge in [0.25, 0.3) is 0 Å². The van der Waals surface area contributed by atoms with E-state index in [9.17, 15) is 0 Å². The Kier molecular flexibility index (Phi) is 6.44. The maximum Gasteiger partial charge on any atom is 0.141 e. The van der Waals surface area contributed by atoms with Crippen LogP contribution in [0.25, 0.3) is 27.6 Å². The van der Waals surface area contributed by atoms with E-state index >= 15 is 0 Å². The van der Waals surface area contributed by atoms with Gasteiger partial charge >= 0.3 is 0 Å². The SMILES string of the molecule is CC1(C)c2cccnc2-n2c3ccc(N(c4ccccc4)c4ccccc4)cc3c3cc(N(c4ccccc4)c4ccccc4)cc1c32. The Labute approximate surface area is 280 Å². The second kappa shape index (κ2) is 11.0. The average Bonchev–Trinajstić information content (AvgIpc) is 3.46. The van der Waals surface area contributed by atoms with Gasteiger partial charge in [-0.05, 0) is 90.5 Å². The van der Waals surface area contributed by atoms with E-state index < -0.39 is 0 Å². The molecule has 0 aliphatic carbocycles. The van der Waals surface area contributed by atoms with Gasteiger partial charge in [-0.15, -0.1) is 0 Å². The quantitative estimate of drug-likeness (QED) is 0.185. The van der Waals surface area contributed by atoms with Crippen molar-refractivity contribution in [3.8, 4) is 5.82 Å². The molecule has 0 saturated heterocycles. The maximum absolute atomic E-state index is 5.01. The summed E-state index contributed by atoms with van der Waals surface area (Å²) in [6.45, 7) is 4.67. The van der Waals surface area contributed by atoms with Crippen molar-refractivity contribution >= 4 is 55.9 Å². The van der Waals surface area contributed by atoms with Gasteiger partial charge in [0.2, 0.25) is 0 Å². The normalized spacial score (nSPS) is 13.0. The highest BCUT2D eigenvalue weighted by Crippen LogP contribution is 2.50. The first-order valence-corrected chi connectivity index (χ1v) is 16.5. The van der Waals surface area contributed by atoms with Crippen LogP contribution in [0.15, 0.2) is 170 Å². The molecule has 4 nitrogen and oxygen atoms in total. The maximum atomic E-state index is 5.01. The van der Waals surface area contributed by atoms with Crippen LogP contribution < -0.4 is 9.80 Å². The number of rotatable bonds is 6. The summed E-state index contributed by atoms with van der Waals surface area (Å²) in [6.07, 6.45) is 1.92. The molecule has 8 aromatic rings. The van der Waals surface area contributed by atoms with Crippen LogP contribution in [-0.2, 0) is 5.41 Å². The second-order valence-electron chi connectivity index (χ2n) is 12.9. The van der Waals surface area contributed by atoms with Crippen molar-refractivity contribution in [2.24, 2.45) is 0 Å². The van der Waals surface area contributed by atoms with Gasteiger partial charge in [-0.3, -0.25) is 4.57 Å². The molecule has 4 heteroatoms. The van der Waals surface area contributed by atoms with Crippen LogP contribution in [0.2, 0.25) is 0 Å². The molecule has 0 atom stereocenters. The molecule has 230 valence electrons. The van der Waals surface area contributed by atoms with Crippen molar-refractivity contribution in [2.75, 3.05) is 9.80 Å². The number of hydrogen-bond donors (Lipinski definition) is 0. The van der Waals surface area contributed by atoms with Gasteiger partial charge in [0, 0.05) is 62.1 Å². The summed E-state index contributed by atoms with van der Waals surface area (Å²) in [7, 11) is 0. The Bertz CT molecular complexity index is 2340. The molecule has 2 aromatic heterocycles. The van der Waals surface area contributed by atoms with Gasteiger partial charge < -0.3 is 9.80 Å². The van der Waals surface area contributed by atoms with Crippen LogP contribution in [0.4, 0.5) is 34.1 Å². The van der Waals surface area contributed by atoms with Gasteiger partial charge in [-0.25, -0.2) is 4.98 Å². The van der Waals surface area contributed by atoms with Gasteiger partial charge in [-0.1, -0.05) is 92.7 Å². The number of para-hydroxylation sites is 4. The molecule has 0 spiro atoms. The zero-order valence-corrected chi connectivity index (χ0v) is 27.0. The molecule has 48 heavy (non-hydrogen) atoms. The first kappa shape index (κ1) is 28.1. The van der Waals surface area contributed by atoms with Crippen molar-refractivity contribution in [3.63, 3.8) is 0 Å². The van der Waals surface area contributed by atoms with Gasteiger partial charge in [0.15, 0.2) is 0 Å². The lowest BCUT2D eigenvalue weighted by Crippen LogP contribution is -2.27. The summed E-state index contributed by atoms with van der Waals surface area (Å²) < 4.78 is 2.39. The van der Waals surface area contributed by atoms with E-state index in [2.05, 4.69) is 192 Å². The third-order valence-electron chi connectivity index (χ3n) is 9.75. The number of aromatic nitrogens is 2. The standard InChI is InChI=1S/C44H34N4/c1-44(2)39-24-15-27-45-43(39)48-41-26-25-35(46(31-16-7-3-8-17-31)32-18-9-4-10-19-32)28-37(41)38-29-36(30-40(44)42(38)48)47(33-20-11-5-12-21-33)34-22-13-6-14-23-34/h3-30H,1-2H3. The molecular formula is C44H34N4. The van der Waals surface area contributed by atoms with Crippen LogP contribution in [0.1, 0.15) is 25.0 Å². The fraction of sp³-hybridized carbons (Fsp3) is 0.0682. The number of hydrogen-bond acceptors (Lipinski definition) is 3. The van der Waals surface area contributed by atoms with Crippen LogP contribution in [-0.4, -0.2) is 9.55 Å². The van der Waals surface area contributed by atoms with Gasteiger partial charge in [0.1, 0.15) is 5.82 Å². The average molecular weight is 619 g/mol. The fourth-order valence-electron chi connectivity index (χ4n) is 7.50. The molecule has 0 unspecified atom stereocenters. The molecule has 0 amide bonds. The summed E-state index contributed by atoms with van der Waals surface area (Å²) in [5.41, 5.74) is 11.3. The van der Waals surface area contributed by atoms with Crippen LogP contribution >= 0.6 is 0 Å². The highest BCUT2D eigenvalue weighted by atomic mass is 15.2. The minimum atomic E-state index is -0.274. The summed E-state index contributed by atoms with van der Waals surface area (Å²) in [4.78, 5) is 9.72. The van der Waals surface area contributed by atoms with Crippen molar-refractivity contribution in [1.29, 1.82) is 0 Å². The summed E-state index contributed by atoms with van der Waals surface area (Å²) in [5.74, 6) is 1.00. The number of nitrogens with zero attached hydrogens (tertiary/aromatic N) is 4. The first-order chi connectivity index (χ1) is 23.6. The van der Waals surface area contributed by atoms with Crippen molar-refractivity contribution in [2.45, 2.75) is 19.3 Å². The smallest absolute Gasteiger partial charge is 0.141 e. The molecule has 9 rings (SSSR count). The number of pyridine rings is 1. The summed E-state index contributed by atoms with van der Waals surface area (Å²) in [5, 5.41) is 2.40. The van der Waals surface area contributed by atoms with E-state index in [4.69, 9.17) is 4.98 Å². The molecular weight excluding hydrogens is 585 g/mol. The zero-order chi connectivity index (χ0) is 32.2. The lowest BCUT2D eigenvalue weighted by molar-refractivity contribution is 0.624. The van der Waals surface area contributed by atoms with Crippen LogP contribution in [0.5, 0.6) is 0 Å². The van der Waals surface area contributed by atoms with Crippen molar-refractivity contribution in [1.82, 2.24) is 9.55 Å². The summed E-state index contributed by atoms with van der Waals surface area (Å²) >= 11 is 0. The Balaban J connectivity index is 1.38. The van der Waals surface area contributed by atoms with E-state index in [0.29, 0.717) is 0 Å². The van der Waals surface area contributed by atoms with E-state index in [1.165, 1.54) is 27.4 Å². The molecule has 0 fully saturated rings. The lowest BCUT2D eigenvalue weighted by Gasteiger charge is -2.35. The third-order valence-corrected chi connectivity index (χ3v) is 9.75. The predicted molar refractivity (Wildman–Crippen MR) is 200 cm³/mol. The number of benzene rings is 6. The third kappa shape index (κ3) is 4.34. The highest BCUT2D eigenvalue weighted by Gasteiger charge is 2.37. The summed E-state index contributed by atoms with van der Waals surface area (Å²) in [6, 6.07) is 58.5. The second-order valence-corrected chi connectivity index (χ2v) is 12.9. The van der Waals surface area contributed by atoms with E-state index in [0.717, 1.165) is 45.5 Å². The largest absolute Gasteiger partial charge is 0.310 e. The van der Waals surface area contributed by atoms with E-state index in [-0.39, 0.29) is 5.41 Å². The van der Waals surface area contributed by atoms with E-state index in [1.807, 2.05) is 6.20 Å². The zero-order valence-electron chi connectivity index (χ0n) is 27.0. The highest BCUT2D eigenvalue weighted by molar-refractivity contribution is 6.14. The molecule has 6 aromatic carbocycles. The fourth-order valence-corrected chi connectivity index (χ4v) is 7.50. The van der Waals surface area contributed by atoms with Crippen LogP contribution in [0.3, 0.4) is 0 Å². The molecule has 0 saturated carbocycles. The van der Waals surface area contributed by atoms with Gasteiger partial charge in [0.05, 0.1) is 11.0 Å². The molecule has 0 radical (unpaired) electrons. The monoisotopic (exact) mass is 618 g/mol. The minimum Gasteiger partial charge on any atom is -0.310 e. The van der Waals surface area contributed by atoms with Crippen molar-refractivity contribution < 1.29 is 0 Å². The molecule has 1 aliphatic rings.